The molecular weight excluding hydrogens is 198 g/mol. The van der Waals surface area contributed by atoms with Crippen molar-refractivity contribution in [1.82, 2.24) is 4.90 Å². The van der Waals surface area contributed by atoms with Crippen LogP contribution in [0.25, 0.3) is 0 Å². The van der Waals surface area contributed by atoms with Gasteiger partial charge in [0.05, 0.1) is 0 Å². The Bertz CT molecular complexity index is 325. The Labute approximate surface area is 88.5 Å². The van der Waals surface area contributed by atoms with Gasteiger partial charge in [-0.2, -0.15) is 0 Å². The summed E-state index contributed by atoms with van der Waals surface area (Å²) in [6, 6.07) is 10.2. The van der Waals surface area contributed by atoms with E-state index in [1.54, 1.807) is 4.90 Å². The van der Waals surface area contributed by atoms with E-state index in [0.29, 0.717) is 6.54 Å². The second kappa shape index (κ2) is 4.01. The molecule has 1 aliphatic rings. The van der Waals surface area contributed by atoms with Gasteiger partial charge in [0, 0.05) is 13.1 Å². The summed E-state index contributed by atoms with van der Waals surface area (Å²) >= 11 is 5.68. The van der Waals surface area contributed by atoms with Crippen LogP contribution in [0.5, 0.6) is 0 Å². The molecule has 1 aromatic rings. The Hall–Kier alpha value is -1.02. The van der Waals surface area contributed by atoms with Crippen molar-refractivity contribution in [2.24, 2.45) is 0 Å². The lowest BCUT2D eigenvalue weighted by Gasteiger charge is -2.34. The van der Waals surface area contributed by atoms with E-state index in [9.17, 15) is 4.79 Å². The topological polar surface area (TPSA) is 20.3 Å². The molecule has 0 bridgehead atoms. The van der Waals surface area contributed by atoms with E-state index in [2.05, 4.69) is 12.1 Å². The average molecular weight is 210 g/mol. The van der Waals surface area contributed by atoms with Gasteiger partial charge < -0.3 is 4.90 Å². The second-order valence-electron chi connectivity index (χ2n) is 3.49. The predicted octanol–water partition coefficient (Wildman–Crippen LogP) is 1.68. The Morgan fingerprint density at radius 2 is 2.07 bits per heavy atom. The van der Waals surface area contributed by atoms with Gasteiger partial charge in [0.2, 0.25) is 5.91 Å². The van der Waals surface area contributed by atoms with E-state index in [-0.39, 0.29) is 11.3 Å². The summed E-state index contributed by atoms with van der Waals surface area (Å²) in [5.41, 5.74) is 1.26. The molecule has 14 heavy (non-hydrogen) atoms. The van der Waals surface area contributed by atoms with E-state index in [1.165, 1.54) is 5.56 Å². The minimum Gasteiger partial charge on any atom is -0.339 e. The maximum absolute atomic E-state index is 11.2. The van der Waals surface area contributed by atoms with Gasteiger partial charge in [-0.1, -0.05) is 30.3 Å². The highest BCUT2D eigenvalue weighted by Gasteiger charge is 2.33. The molecule has 1 atom stereocenters. The molecule has 0 aromatic heterocycles. The van der Waals surface area contributed by atoms with Crippen LogP contribution in [0.2, 0.25) is 0 Å². The van der Waals surface area contributed by atoms with Gasteiger partial charge in [-0.3, -0.25) is 4.79 Å². The number of amides is 1. The Morgan fingerprint density at radius 3 is 2.64 bits per heavy atom. The smallest absolute Gasteiger partial charge is 0.242 e. The lowest BCUT2D eigenvalue weighted by Crippen LogP contribution is -2.54. The van der Waals surface area contributed by atoms with Crippen LogP contribution in [-0.4, -0.2) is 29.3 Å². The Balaban J connectivity index is 1.82. The molecule has 1 fully saturated rings. The molecule has 1 aliphatic heterocycles. The van der Waals surface area contributed by atoms with Crippen LogP contribution in [-0.2, 0) is 11.2 Å². The average Bonchev–Trinajstić information content (AvgIpc) is 2.25. The summed E-state index contributed by atoms with van der Waals surface area (Å²) in [6.45, 7) is 1.49. The highest BCUT2D eigenvalue weighted by Crippen LogP contribution is 2.16. The molecule has 0 saturated carbocycles. The largest absolute Gasteiger partial charge is 0.339 e. The zero-order chi connectivity index (χ0) is 9.97. The molecule has 74 valence electrons. The van der Waals surface area contributed by atoms with Crippen LogP contribution in [0.3, 0.4) is 0 Å². The van der Waals surface area contributed by atoms with Crippen molar-refractivity contribution in [2.75, 3.05) is 13.1 Å². The van der Waals surface area contributed by atoms with Crippen LogP contribution in [0.1, 0.15) is 5.56 Å². The third-order valence-corrected chi connectivity index (χ3v) is 2.80. The SMILES string of the molecule is O=C1[C@@H](Cl)CN1CCc1ccccc1. The molecule has 0 spiro atoms. The predicted molar refractivity (Wildman–Crippen MR) is 56.4 cm³/mol. The van der Waals surface area contributed by atoms with Crippen LogP contribution in [0.4, 0.5) is 0 Å². The summed E-state index contributed by atoms with van der Waals surface area (Å²) in [4.78, 5) is 13.0. The summed E-state index contributed by atoms with van der Waals surface area (Å²) in [7, 11) is 0. The van der Waals surface area contributed by atoms with Crippen LogP contribution < -0.4 is 0 Å². The normalized spacial score (nSPS) is 20.8. The molecule has 0 unspecified atom stereocenters. The fourth-order valence-electron chi connectivity index (χ4n) is 1.56. The van der Waals surface area contributed by atoms with E-state index >= 15 is 0 Å². The molecule has 0 radical (unpaired) electrons. The summed E-state index contributed by atoms with van der Waals surface area (Å²) in [5, 5.41) is -0.272. The summed E-state index contributed by atoms with van der Waals surface area (Å²) in [6.07, 6.45) is 0.913. The minimum atomic E-state index is -0.272. The molecule has 0 N–H and O–H groups in total. The van der Waals surface area contributed by atoms with E-state index in [0.717, 1.165) is 13.0 Å². The summed E-state index contributed by atoms with van der Waals surface area (Å²) < 4.78 is 0. The number of alkyl halides is 1. The zero-order valence-corrected chi connectivity index (χ0v) is 8.57. The third-order valence-electron chi connectivity index (χ3n) is 2.47. The van der Waals surface area contributed by atoms with Crippen molar-refractivity contribution in [1.29, 1.82) is 0 Å². The summed E-state index contributed by atoms with van der Waals surface area (Å²) in [5.74, 6) is 0.0718. The van der Waals surface area contributed by atoms with Gasteiger partial charge in [-0.05, 0) is 12.0 Å². The number of carbonyl (C=O) groups excluding carboxylic acids is 1. The molecule has 1 amide bonds. The first-order valence-electron chi connectivity index (χ1n) is 4.74. The number of halogens is 1. The lowest BCUT2D eigenvalue weighted by atomic mass is 10.1. The van der Waals surface area contributed by atoms with E-state index in [4.69, 9.17) is 11.6 Å². The molecule has 0 aliphatic carbocycles. The number of β-lactam (4-membered cyclic amide) rings is 1. The van der Waals surface area contributed by atoms with Crippen LogP contribution in [0, 0.1) is 0 Å². The molecule has 2 nitrogen and oxygen atoms in total. The van der Waals surface area contributed by atoms with Gasteiger partial charge in [0.15, 0.2) is 0 Å². The van der Waals surface area contributed by atoms with Crippen molar-refractivity contribution in [3.05, 3.63) is 35.9 Å². The third kappa shape index (κ3) is 1.90. The second-order valence-corrected chi connectivity index (χ2v) is 4.01. The van der Waals surface area contributed by atoms with Gasteiger partial charge in [0.25, 0.3) is 0 Å². The number of hydrogen-bond acceptors (Lipinski definition) is 1. The van der Waals surface area contributed by atoms with Gasteiger partial charge in [-0.15, -0.1) is 11.6 Å². The van der Waals surface area contributed by atoms with Crippen LogP contribution >= 0.6 is 11.6 Å². The van der Waals surface area contributed by atoms with E-state index in [1.807, 2.05) is 18.2 Å². The maximum Gasteiger partial charge on any atom is 0.242 e. The number of benzene rings is 1. The highest BCUT2D eigenvalue weighted by molar-refractivity contribution is 6.33. The van der Waals surface area contributed by atoms with Gasteiger partial charge >= 0.3 is 0 Å². The molecular formula is C11H12ClNO. The monoisotopic (exact) mass is 209 g/mol. The Morgan fingerprint density at radius 1 is 1.36 bits per heavy atom. The standard InChI is InChI=1S/C11H12ClNO/c12-10-8-13(11(10)14)7-6-9-4-2-1-3-5-9/h1-5,10H,6-8H2/t10-/m0/s1. The first-order chi connectivity index (χ1) is 6.77. The molecule has 1 aromatic carbocycles. The van der Waals surface area contributed by atoms with Crippen LogP contribution in [0.15, 0.2) is 30.3 Å². The lowest BCUT2D eigenvalue weighted by molar-refractivity contribution is -0.138. The molecule has 1 heterocycles. The van der Waals surface area contributed by atoms with Crippen molar-refractivity contribution in [3.8, 4) is 0 Å². The number of rotatable bonds is 3. The van der Waals surface area contributed by atoms with Gasteiger partial charge in [0.1, 0.15) is 5.38 Å². The fraction of sp³-hybridized carbons (Fsp3) is 0.364. The van der Waals surface area contributed by atoms with Crippen molar-refractivity contribution in [2.45, 2.75) is 11.8 Å². The first kappa shape index (κ1) is 9.53. The molecule has 1 saturated heterocycles. The van der Waals surface area contributed by atoms with E-state index < -0.39 is 0 Å². The Kier molecular flexibility index (Phi) is 2.73. The molecule has 3 heteroatoms. The fourth-order valence-corrected chi connectivity index (χ4v) is 1.86. The van der Waals surface area contributed by atoms with Crippen molar-refractivity contribution in [3.63, 3.8) is 0 Å². The quantitative estimate of drug-likeness (QED) is 0.548. The highest BCUT2D eigenvalue weighted by atomic mass is 35.5. The maximum atomic E-state index is 11.2. The van der Waals surface area contributed by atoms with Crippen molar-refractivity contribution < 1.29 is 4.79 Å². The van der Waals surface area contributed by atoms with Gasteiger partial charge in [-0.25, -0.2) is 0 Å². The number of nitrogens with zero attached hydrogens (tertiary/aromatic N) is 1. The first-order valence-corrected chi connectivity index (χ1v) is 5.18. The minimum absolute atomic E-state index is 0.0718. The van der Waals surface area contributed by atoms with Crippen molar-refractivity contribution >= 4 is 17.5 Å². The number of likely N-dealkylation sites (tertiary alicyclic amines) is 1. The number of hydrogen-bond donors (Lipinski definition) is 0. The zero-order valence-electron chi connectivity index (χ0n) is 7.82. The number of carbonyl (C=O) groups is 1. The molecule has 2 rings (SSSR count).